The molecule has 0 radical (unpaired) electrons. The van der Waals surface area contributed by atoms with E-state index < -0.39 is 0 Å². The van der Waals surface area contributed by atoms with E-state index in [2.05, 4.69) is 9.97 Å². The molecule has 2 N–H and O–H groups in total. The Morgan fingerprint density at radius 2 is 1.50 bits per heavy atom. The zero-order valence-electron chi connectivity index (χ0n) is 6.43. The van der Waals surface area contributed by atoms with Gasteiger partial charge in [-0.15, -0.1) is 24.8 Å². The van der Waals surface area contributed by atoms with Gasteiger partial charge < -0.3 is 5.73 Å². The van der Waals surface area contributed by atoms with Crippen LogP contribution >= 0.6 is 24.8 Å². The fraction of sp³-hybridized carbons (Fsp3) is 0.429. The molecule has 0 bridgehead atoms. The van der Waals surface area contributed by atoms with Crippen molar-refractivity contribution in [1.82, 2.24) is 9.97 Å². The summed E-state index contributed by atoms with van der Waals surface area (Å²) < 4.78 is 0. The van der Waals surface area contributed by atoms with Crippen molar-refractivity contribution < 1.29 is 0 Å². The third kappa shape index (κ3) is 2.06. The Morgan fingerprint density at radius 1 is 1.08 bits per heavy atom. The van der Waals surface area contributed by atoms with Crippen molar-refractivity contribution in [3.8, 4) is 0 Å². The summed E-state index contributed by atoms with van der Waals surface area (Å²) in [6.07, 6.45) is 5.22. The third-order valence-corrected chi connectivity index (χ3v) is 1.77. The molecule has 0 amide bonds. The maximum atomic E-state index is 5.70. The van der Waals surface area contributed by atoms with E-state index in [0.29, 0.717) is 0 Å². The number of rotatable bonds is 0. The minimum absolute atomic E-state index is 0. The van der Waals surface area contributed by atoms with Gasteiger partial charge in [-0.1, -0.05) is 0 Å². The molecule has 5 heteroatoms. The van der Waals surface area contributed by atoms with Crippen LogP contribution in [0.4, 0.5) is 0 Å². The average Bonchev–Trinajstić information content (AvgIpc) is 2.27. The molecule has 0 saturated carbocycles. The Bertz CT molecular complexity index is 229. The van der Waals surface area contributed by atoms with Gasteiger partial charge in [0.2, 0.25) is 0 Å². The Labute approximate surface area is 83.6 Å². The molecule has 0 aliphatic heterocycles. The topological polar surface area (TPSA) is 51.8 Å². The monoisotopic (exact) mass is 207 g/mol. The van der Waals surface area contributed by atoms with Crippen LogP contribution in [0.3, 0.4) is 0 Å². The summed E-state index contributed by atoms with van der Waals surface area (Å²) in [5.41, 5.74) is 7.86. The van der Waals surface area contributed by atoms with E-state index in [4.69, 9.17) is 5.73 Å². The molecule has 1 aliphatic carbocycles. The van der Waals surface area contributed by atoms with Crippen molar-refractivity contribution in [1.29, 1.82) is 0 Å². The van der Waals surface area contributed by atoms with Gasteiger partial charge in [-0.3, -0.25) is 9.97 Å². The molecular formula is C7H11Cl2N3. The number of hydrogen-bond acceptors (Lipinski definition) is 3. The van der Waals surface area contributed by atoms with Crippen LogP contribution < -0.4 is 5.73 Å². The molecule has 1 aliphatic rings. The number of hydrogen-bond donors (Lipinski definition) is 1. The third-order valence-electron chi connectivity index (χ3n) is 1.77. The molecule has 0 atom stereocenters. The molecule has 1 aromatic rings. The molecule has 3 nitrogen and oxygen atoms in total. The van der Waals surface area contributed by atoms with Gasteiger partial charge in [0.25, 0.3) is 0 Å². The number of nitrogens with zero attached hydrogens (tertiary/aromatic N) is 2. The first-order valence-electron chi connectivity index (χ1n) is 3.40. The van der Waals surface area contributed by atoms with Crippen molar-refractivity contribution in [2.24, 2.45) is 5.73 Å². The fourth-order valence-corrected chi connectivity index (χ4v) is 1.31. The molecule has 0 fully saturated rings. The van der Waals surface area contributed by atoms with Crippen molar-refractivity contribution in [2.45, 2.75) is 18.9 Å². The fourth-order valence-electron chi connectivity index (χ4n) is 1.31. The van der Waals surface area contributed by atoms with E-state index in [1.54, 1.807) is 12.4 Å². The first kappa shape index (κ1) is 11.6. The van der Waals surface area contributed by atoms with Crippen LogP contribution in [0.5, 0.6) is 0 Å². The number of fused-ring (bicyclic) bond motifs is 1. The highest BCUT2D eigenvalue weighted by Crippen LogP contribution is 2.14. The molecule has 12 heavy (non-hydrogen) atoms. The van der Waals surface area contributed by atoms with Crippen LogP contribution in [0.25, 0.3) is 0 Å². The summed E-state index contributed by atoms with van der Waals surface area (Å²) >= 11 is 0. The Morgan fingerprint density at radius 3 is 1.92 bits per heavy atom. The van der Waals surface area contributed by atoms with Crippen LogP contribution in [0.1, 0.15) is 11.4 Å². The zero-order valence-corrected chi connectivity index (χ0v) is 8.07. The smallest absolute Gasteiger partial charge is 0.0634 e. The molecule has 68 valence electrons. The predicted molar refractivity (Wildman–Crippen MR) is 51.9 cm³/mol. The maximum absolute atomic E-state index is 5.70. The van der Waals surface area contributed by atoms with Crippen molar-refractivity contribution in [3.05, 3.63) is 23.8 Å². The van der Waals surface area contributed by atoms with Crippen LogP contribution in [0, 0.1) is 0 Å². The van der Waals surface area contributed by atoms with Crippen LogP contribution in [0.2, 0.25) is 0 Å². The number of halogens is 2. The summed E-state index contributed by atoms with van der Waals surface area (Å²) in [4.78, 5) is 8.33. The lowest BCUT2D eigenvalue weighted by atomic mass is 10.3. The second-order valence-electron chi connectivity index (χ2n) is 2.62. The van der Waals surface area contributed by atoms with E-state index in [9.17, 15) is 0 Å². The van der Waals surface area contributed by atoms with Gasteiger partial charge in [0.15, 0.2) is 0 Å². The molecule has 0 unspecified atom stereocenters. The molecule has 2 rings (SSSR count). The van der Waals surface area contributed by atoms with Gasteiger partial charge >= 0.3 is 0 Å². The molecular weight excluding hydrogens is 197 g/mol. The summed E-state index contributed by atoms with van der Waals surface area (Å²) in [5, 5.41) is 0. The molecule has 0 aromatic carbocycles. The van der Waals surface area contributed by atoms with Crippen molar-refractivity contribution >= 4 is 24.8 Å². The van der Waals surface area contributed by atoms with Crippen molar-refractivity contribution in [2.75, 3.05) is 0 Å². The summed E-state index contributed by atoms with van der Waals surface area (Å²) in [6.45, 7) is 0. The molecule has 0 saturated heterocycles. The van der Waals surface area contributed by atoms with Gasteiger partial charge in [0, 0.05) is 31.3 Å². The van der Waals surface area contributed by atoms with E-state index >= 15 is 0 Å². The van der Waals surface area contributed by atoms with Crippen LogP contribution in [0.15, 0.2) is 12.4 Å². The number of nitrogens with two attached hydrogens (primary N) is 1. The van der Waals surface area contributed by atoms with Gasteiger partial charge in [-0.05, 0) is 0 Å². The summed E-state index contributed by atoms with van der Waals surface area (Å²) in [7, 11) is 0. The number of aromatic nitrogens is 2. The Kier molecular flexibility index (Phi) is 4.45. The molecule has 1 aromatic heterocycles. The highest BCUT2D eigenvalue weighted by molar-refractivity contribution is 5.85. The van der Waals surface area contributed by atoms with Crippen LogP contribution in [-0.4, -0.2) is 16.0 Å². The lowest BCUT2D eigenvalue weighted by Crippen LogP contribution is -2.19. The van der Waals surface area contributed by atoms with E-state index in [1.807, 2.05) is 0 Å². The van der Waals surface area contributed by atoms with E-state index in [-0.39, 0.29) is 30.9 Å². The summed E-state index contributed by atoms with van der Waals surface area (Å²) in [6, 6.07) is 0.248. The van der Waals surface area contributed by atoms with Gasteiger partial charge in [0.05, 0.1) is 11.4 Å². The second-order valence-corrected chi connectivity index (χ2v) is 2.62. The Hall–Kier alpha value is -0.380. The zero-order chi connectivity index (χ0) is 6.97. The maximum Gasteiger partial charge on any atom is 0.0634 e. The predicted octanol–water partition coefficient (Wildman–Crippen LogP) is 0.746. The highest BCUT2D eigenvalue weighted by Gasteiger charge is 2.19. The van der Waals surface area contributed by atoms with Gasteiger partial charge in [0.1, 0.15) is 0 Å². The lowest BCUT2D eigenvalue weighted by Gasteiger charge is -1.93. The normalized spacial score (nSPS) is 14.4. The standard InChI is InChI=1S/C7H9N3.2ClH/c8-5-3-6-7(4-5)10-2-1-9-6;;/h1-2,5H,3-4,8H2;2*1H. The minimum Gasteiger partial charge on any atom is -0.327 e. The highest BCUT2D eigenvalue weighted by atomic mass is 35.5. The van der Waals surface area contributed by atoms with E-state index in [0.717, 1.165) is 24.2 Å². The molecule has 0 spiro atoms. The largest absolute Gasteiger partial charge is 0.327 e. The SMILES string of the molecule is Cl.Cl.NC1Cc2nccnc2C1. The van der Waals surface area contributed by atoms with Crippen molar-refractivity contribution in [3.63, 3.8) is 0 Å². The minimum atomic E-state index is 0. The second kappa shape index (κ2) is 4.60. The van der Waals surface area contributed by atoms with E-state index in [1.165, 1.54) is 0 Å². The van der Waals surface area contributed by atoms with Gasteiger partial charge in [-0.25, -0.2) is 0 Å². The first-order valence-corrected chi connectivity index (χ1v) is 3.40. The molecule has 1 heterocycles. The lowest BCUT2D eigenvalue weighted by molar-refractivity contribution is 0.712. The Balaban J connectivity index is 0.000000605. The first-order chi connectivity index (χ1) is 4.86. The summed E-state index contributed by atoms with van der Waals surface area (Å²) in [5.74, 6) is 0. The van der Waals surface area contributed by atoms with Gasteiger partial charge in [-0.2, -0.15) is 0 Å². The quantitative estimate of drug-likeness (QED) is 0.684. The average molecular weight is 208 g/mol. The van der Waals surface area contributed by atoms with Crippen LogP contribution in [-0.2, 0) is 12.8 Å².